The molecule has 0 aromatic heterocycles. The molecule has 0 saturated heterocycles. The van der Waals surface area contributed by atoms with Crippen LogP contribution in [-0.4, -0.2) is 39.4 Å². The molecule has 0 amide bonds. The molecule has 1 rings (SSSR count). The number of rotatable bonds is 5. The minimum atomic E-state index is -1.52. The first-order chi connectivity index (χ1) is 10.8. The van der Waals surface area contributed by atoms with Crippen molar-refractivity contribution >= 4 is 11.8 Å². The van der Waals surface area contributed by atoms with E-state index in [0.717, 1.165) is 0 Å². The van der Waals surface area contributed by atoms with Gasteiger partial charge in [0.25, 0.3) is 0 Å². The molecule has 0 spiro atoms. The third-order valence-electron chi connectivity index (χ3n) is 4.62. The number of methoxy groups -OCH3 is 3. The van der Waals surface area contributed by atoms with E-state index in [9.17, 15) is 9.59 Å². The van der Waals surface area contributed by atoms with Gasteiger partial charge in [-0.3, -0.25) is 4.79 Å². The van der Waals surface area contributed by atoms with Gasteiger partial charge in [-0.1, -0.05) is 25.8 Å². The van der Waals surface area contributed by atoms with Gasteiger partial charge < -0.3 is 14.2 Å². The van der Waals surface area contributed by atoms with Crippen LogP contribution in [0.5, 0.6) is 0 Å². The van der Waals surface area contributed by atoms with Crippen LogP contribution in [0.3, 0.4) is 0 Å². The van der Waals surface area contributed by atoms with Crippen molar-refractivity contribution in [1.82, 2.24) is 0 Å². The van der Waals surface area contributed by atoms with Gasteiger partial charge in [-0.05, 0) is 30.6 Å². The van der Waals surface area contributed by atoms with Crippen LogP contribution in [0.15, 0.2) is 12.7 Å². The second-order valence-corrected chi connectivity index (χ2v) is 6.32. The summed E-state index contributed by atoms with van der Waals surface area (Å²) in [6.45, 7) is 7.44. The fourth-order valence-corrected chi connectivity index (χ4v) is 3.11. The van der Waals surface area contributed by atoms with Crippen LogP contribution < -0.4 is 0 Å². The van der Waals surface area contributed by atoms with Gasteiger partial charge >= 0.3 is 5.97 Å². The van der Waals surface area contributed by atoms with Crippen LogP contribution in [0.25, 0.3) is 0 Å². The summed E-state index contributed by atoms with van der Waals surface area (Å²) in [6.07, 6.45) is 2.80. The smallest absolute Gasteiger partial charge is 0.332 e. The Bertz CT molecular complexity index is 521. The highest BCUT2D eigenvalue weighted by Crippen LogP contribution is 2.51. The third kappa shape index (κ3) is 3.49. The van der Waals surface area contributed by atoms with Gasteiger partial charge in [0, 0.05) is 20.1 Å². The molecule has 1 aliphatic carbocycles. The van der Waals surface area contributed by atoms with Crippen molar-refractivity contribution in [1.29, 1.82) is 0 Å². The molecular weight excluding hydrogens is 296 g/mol. The van der Waals surface area contributed by atoms with E-state index in [1.807, 2.05) is 13.8 Å². The number of carbonyl (C=O) groups is 2. The number of Topliss-reactive ketones (excluding diaryl/α,β-unsaturated/α-hetero) is 1. The van der Waals surface area contributed by atoms with Gasteiger partial charge in [0.05, 0.1) is 7.11 Å². The van der Waals surface area contributed by atoms with Gasteiger partial charge in [-0.25, -0.2) is 4.79 Å². The van der Waals surface area contributed by atoms with Crippen molar-refractivity contribution in [3.63, 3.8) is 0 Å². The normalized spacial score (nSPS) is 26.3. The van der Waals surface area contributed by atoms with Crippen LogP contribution in [0.1, 0.15) is 33.1 Å². The standard InChI is InChI=1S/C18H26O5/c1-7-8-13-9-11-17(2,3)18(15(13)19,16(20)23-6)12-10-14(21-4)22-5/h7,13-14H,1,8-9,11H2,2-6H3/t13-,18+/m1/s1. The monoisotopic (exact) mass is 322 g/mol. The van der Waals surface area contributed by atoms with E-state index >= 15 is 0 Å². The number of esters is 1. The van der Waals surface area contributed by atoms with E-state index in [4.69, 9.17) is 14.2 Å². The van der Waals surface area contributed by atoms with Crippen molar-refractivity contribution in [2.45, 2.75) is 39.4 Å². The summed E-state index contributed by atoms with van der Waals surface area (Å²) in [5, 5.41) is 0. The Hall–Kier alpha value is -1.64. The van der Waals surface area contributed by atoms with Gasteiger partial charge in [0.1, 0.15) is 0 Å². The quantitative estimate of drug-likeness (QED) is 0.256. The van der Waals surface area contributed by atoms with Crippen molar-refractivity contribution < 1.29 is 23.8 Å². The molecule has 0 aliphatic heterocycles. The van der Waals surface area contributed by atoms with Crippen LogP contribution >= 0.6 is 0 Å². The molecule has 0 N–H and O–H groups in total. The van der Waals surface area contributed by atoms with Gasteiger partial charge in [-0.2, -0.15) is 0 Å². The summed E-state index contributed by atoms with van der Waals surface area (Å²) in [6, 6.07) is 0. The highest BCUT2D eigenvalue weighted by Gasteiger charge is 2.60. The number of ketones is 1. The molecule has 2 atom stereocenters. The van der Waals surface area contributed by atoms with E-state index in [2.05, 4.69) is 18.4 Å². The van der Waals surface area contributed by atoms with Crippen LogP contribution in [0.4, 0.5) is 0 Å². The largest absolute Gasteiger partial charge is 0.468 e. The Labute approximate surface area is 138 Å². The number of hydrogen-bond donors (Lipinski definition) is 0. The molecule has 0 aromatic rings. The lowest BCUT2D eigenvalue weighted by Crippen LogP contribution is -2.55. The molecule has 1 saturated carbocycles. The summed E-state index contributed by atoms with van der Waals surface area (Å²) in [5.41, 5.74) is -2.17. The Morgan fingerprint density at radius 3 is 2.48 bits per heavy atom. The van der Waals surface area contributed by atoms with Crippen molar-refractivity contribution in [3.05, 3.63) is 12.7 Å². The summed E-state index contributed by atoms with van der Waals surface area (Å²) in [7, 11) is 4.17. The van der Waals surface area contributed by atoms with E-state index in [-0.39, 0.29) is 11.7 Å². The Morgan fingerprint density at radius 2 is 2.00 bits per heavy atom. The molecule has 0 unspecified atom stereocenters. The number of allylic oxidation sites excluding steroid dienone is 1. The number of ether oxygens (including phenoxy) is 3. The highest BCUT2D eigenvalue weighted by atomic mass is 16.7. The maximum absolute atomic E-state index is 13.1. The van der Waals surface area contributed by atoms with Crippen molar-refractivity contribution in [3.8, 4) is 11.8 Å². The zero-order valence-electron chi connectivity index (χ0n) is 14.6. The maximum atomic E-state index is 13.1. The third-order valence-corrected chi connectivity index (χ3v) is 4.62. The average molecular weight is 322 g/mol. The van der Waals surface area contributed by atoms with Gasteiger partial charge in [0.2, 0.25) is 6.29 Å². The first kappa shape index (κ1) is 19.4. The molecule has 0 heterocycles. The second-order valence-electron chi connectivity index (χ2n) is 6.32. The summed E-state index contributed by atoms with van der Waals surface area (Å²) in [5.74, 6) is 4.49. The van der Waals surface area contributed by atoms with Crippen LogP contribution in [-0.2, 0) is 23.8 Å². The SMILES string of the molecule is C=CC[C@@H]1CCC(C)(C)[C@](C#CC(OC)OC)(C(=O)OC)C1=O. The highest BCUT2D eigenvalue weighted by molar-refractivity contribution is 6.09. The fraction of sp³-hybridized carbons (Fsp3) is 0.667. The summed E-state index contributed by atoms with van der Waals surface area (Å²) in [4.78, 5) is 25.7. The molecule has 23 heavy (non-hydrogen) atoms. The first-order valence-corrected chi connectivity index (χ1v) is 7.62. The molecule has 0 aromatic carbocycles. The lowest BCUT2D eigenvalue weighted by atomic mass is 9.54. The topological polar surface area (TPSA) is 61.8 Å². The van der Waals surface area contributed by atoms with Gasteiger partial charge in [0.15, 0.2) is 11.2 Å². The van der Waals surface area contributed by atoms with Crippen molar-refractivity contribution in [2.24, 2.45) is 16.7 Å². The summed E-state index contributed by atoms with van der Waals surface area (Å²) >= 11 is 0. The minimum Gasteiger partial charge on any atom is -0.468 e. The molecule has 5 heteroatoms. The lowest BCUT2D eigenvalue weighted by Gasteiger charge is -2.45. The Kier molecular flexibility index (Phi) is 6.55. The second kappa shape index (κ2) is 7.76. The molecule has 0 bridgehead atoms. The summed E-state index contributed by atoms with van der Waals surface area (Å²) < 4.78 is 15.1. The van der Waals surface area contributed by atoms with Crippen LogP contribution in [0.2, 0.25) is 0 Å². The van der Waals surface area contributed by atoms with Crippen LogP contribution in [0, 0.1) is 28.6 Å². The average Bonchev–Trinajstić information content (AvgIpc) is 2.53. The zero-order chi connectivity index (χ0) is 17.7. The number of carbonyl (C=O) groups excluding carboxylic acids is 2. The number of hydrogen-bond acceptors (Lipinski definition) is 5. The maximum Gasteiger partial charge on any atom is 0.332 e. The van der Waals surface area contributed by atoms with E-state index in [1.165, 1.54) is 21.3 Å². The molecule has 128 valence electrons. The molecule has 1 aliphatic rings. The van der Waals surface area contributed by atoms with E-state index in [1.54, 1.807) is 6.08 Å². The minimum absolute atomic E-state index is 0.209. The first-order valence-electron chi connectivity index (χ1n) is 7.62. The fourth-order valence-electron chi connectivity index (χ4n) is 3.11. The van der Waals surface area contributed by atoms with E-state index in [0.29, 0.717) is 19.3 Å². The van der Waals surface area contributed by atoms with E-state index < -0.39 is 23.1 Å². The van der Waals surface area contributed by atoms with Crippen molar-refractivity contribution in [2.75, 3.05) is 21.3 Å². The molecule has 0 radical (unpaired) electrons. The molecule has 1 fully saturated rings. The van der Waals surface area contributed by atoms with Gasteiger partial charge in [-0.15, -0.1) is 6.58 Å². The Balaban J connectivity index is 3.46. The zero-order valence-corrected chi connectivity index (χ0v) is 14.6. The predicted molar refractivity (Wildman–Crippen MR) is 86.4 cm³/mol. The Morgan fingerprint density at radius 1 is 1.39 bits per heavy atom. The molecule has 5 nitrogen and oxygen atoms in total. The lowest BCUT2D eigenvalue weighted by molar-refractivity contribution is -0.166. The predicted octanol–water partition coefficient (Wildman–Crippen LogP) is 2.35. The molecular formula is C18H26O5.